The van der Waals surface area contributed by atoms with Crippen LogP contribution in [0.1, 0.15) is 43.1 Å². The summed E-state index contributed by atoms with van der Waals surface area (Å²) in [5.41, 5.74) is -0.358. The molecule has 8 heteroatoms. The Hall–Kier alpha value is -2.06. The molecule has 0 radical (unpaired) electrons. The summed E-state index contributed by atoms with van der Waals surface area (Å²) in [4.78, 5) is 5.34. The molecule has 2 aromatic rings. The highest BCUT2D eigenvalue weighted by atomic mass is 32.2. The second-order valence-electron chi connectivity index (χ2n) is 7.33. The van der Waals surface area contributed by atoms with Crippen LogP contribution in [0.25, 0.3) is 0 Å². The van der Waals surface area contributed by atoms with E-state index in [1.807, 2.05) is 13.8 Å². The summed E-state index contributed by atoms with van der Waals surface area (Å²) in [7, 11) is 0. The predicted molar refractivity (Wildman–Crippen MR) is 105 cm³/mol. The number of benzene rings is 2. The highest BCUT2D eigenvalue weighted by Crippen LogP contribution is 2.34. The average molecular weight is 427 g/mol. The number of alkyl halides is 3. The van der Waals surface area contributed by atoms with Gasteiger partial charge in [0.15, 0.2) is 0 Å². The minimum atomic E-state index is -4.46. The van der Waals surface area contributed by atoms with E-state index < -0.39 is 23.7 Å². The molecule has 156 valence electrons. The summed E-state index contributed by atoms with van der Waals surface area (Å²) in [6.45, 7) is 3.63. The highest BCUT2D eigenvalue weighted by molar-refractivity contribution is 8.13. The Bertz CT molecular complexity index is 866. The lowest BCUT2D eigenvalue weighted by molar-refractivity contribution is -0.139. The highest BCUT2D eigenvalue weighted by Gasteiger charge is 2.33. The first-order chi connectivity index (χ1) is 13.6. The van der Waals surface area contributed by atoms with Crippen molar-refractivity contribution in [2.45, 2.75) is 44.8 Å². The minimum Gasteiger partial charge on any atom is -0.389 e. The van der Waals surface area contributed by atoms with Gasteiger partial charge in [0.25, 0.3) is 0 Å². The van der Waals surface area contributed by atoms with Crippen molar-refractivity contribution >= 4 is 16.8 Å². The van der Waals surface area contributed by atoms with Gasteiger partial charge in [0, 0.05) is 12.2 Å². The van der Waals surface area contributed by atoms with Crippen LogP contribution < -0.4 is 0 Å². The van der Waals surface area contributed by atoms with Crippen molar-refractivity contribution in [2.75, 3.05) is 5.75 Å². The molecule has 29 heavy (non-hydrogen) atoms. The van der Waals surface area contributed by atoms with E-state index in [1.165, 1.54) is 36.0 Å². The third-order valence-corrected chi connectivity index (χ3v) is 5.40. The molecule has 0 amide bonds. The molecule has 0 N–H and O–H groups in total. The molecule has 0 saturated heterocycles. The van der Waals surface area contributed by atoms with Gasteiger partial charge < -0.3 is 9.57 Å². The second-order valence-corrected chi connectivity index (χ2v) is 8.42. The molecule has 0 bridgehead atoms. The van der Waals surface area contributed by atoms with E-state index in [1.54, 1.807) is 18.2 Å². The fourth-order valence-electron chi connectivity index (χ4n) is 2.88. The zero-order chi connectivity index (χ0) is 21.1. The summed E-state index contributed by atoms with van der Waals surface area (Å²) in [6.07, 6.45) is -4.35. The summed E-state index contributed by atoms with van der Waals surface area (Å²) < 4.78 is 58.9. The Labute approximate surface area is 171 Å². The maximum atomic E-state index is 13.3. The van der Waals surface area contributed by atoms with E-state index in [2.05, 4.69) is 5.16 Å². The molecule has 0 fully saturated rings. The largest absolute Gasteiger partial charge is 0.416 e. The third kappa shape index (κ3) is 5.96. The maximum absolute atomic E-state index is 13.3. The zero-order valence-electron chi connectivity index (χ0n) is 16.0. The second kappa shape index (κ2) is 8.75. The number of rotatable bonds is 6. The molecule has 0 spiro atoms. The summed E-state index contributed by atoms with van der Waals surface area (Å²) in [6, 6.07) is 11.1. The van der Waals surface area contributed by atoms with Crippen LogP contribution in [0, 0.1) is 5.82 Å². The van der Waals surface area contributed by atoms with Gasteiger partial charge in [-0.1, -0.05) is 35.5 Å². The van der Waals surface area contributed by atoms with E-state index in [0.717, 1.165) is 11.1 Å². The SMILES string of the molecule is CC1(C)CC(SCC(OCc2ccccc2C(F)(F)F)c2ccc(F)cc2)=NO1. The van der Waals surface area contributed by atoms with E-state index in [0.29, 0.717) is 17.7 Å². The lowest BCUT2D eigenvalue weighted by Gasteiger charge is -2.20. The molecule has 1 atom stereocenters. The lowest BCUT2D eigenvalue weighted by Crippen LogP contribution is -2.18. The Balaban J connectivity index is 1.73. The van der Waals surface area contributed by atoms with Crippen molar-refractivity contribution in [3.63, 3.8) is 0 Å². The molecule has 0 aromatic heterocycles. The number of oxime groups is 1. The smallest absolute Gasteiger partial charge is 0.389 e. The fourth-order valence-corrected chi connectivity index (χ4v) is 4.06. The first kappa shape index (κ1) is 21.6. The normalized spacial score (nSPS) is 17.0. The van der Waals surface area contributed by atoms with Crippen molar-refractivity contribution in [1.82, 2.24) is 0 Å². The number of hydrogen-bond donors (Lipinski definition) is 0. The molecule has 0 saturated carbocycles. The number of hydrogen-bond acceptors (Lipinski definition) is 4. The molecular formula is C21H21F4NO2S. The van der Waals surface area contributed by atoms with Gasteiger partial charge in [-0.15, -0.1) is 11.8 Å². The minimum absolute atomic E-state index is 0.0554. The number of nitrogens with zero attached hydrogens (tertiary/aromatic N) is 1. The maximum Gasteiger partial charge on any atom is 0.416 e. The molecule has 2 aromatic carbocycles. The van der Waals surface area contributed by atoms with Gasteiger partial charge in [0.05, 0.1) is 18.3 Å². The molecular weight excluding hydrogens is 406 g/mol. The van der Waals surface area contributed by atoms with Crippen LogP contribution in [0.15, 0.2) is 53.7 Å². The van der Waals surface area contributed by atoms with Crippen LogP contribution in [-0.2, 0) is 22.4 Å². The predicted octanol–water partition coefficient (Wildman–Crippen LogP) is 6.35. The van der Waals surface area contributed by atoms with Gasteiger partial charge in [-0.25, -0.2) is 4.39 Å². The van der Waals surface area contributed by atoms with Gasteiger partial charge in [0.1, 0.15) is 16.5 Å². The first-order valence-electron chi connectivity index (χ1n) is 9.04. The van der Waals surface area contributed by atoms with Crippen LogP contribution in [0.4, 0.5) is 17.6 Å². The van der Waals surface area contributed by atoms with E-state index in [-0.39, 0.29) is 17.8 Å². The standard InChI is InChI=1S/C21H21F4NO2S/c1-20(2)11-19(26-28-20)29-13-18(14-7-9-16(22)10-8-14)27-12-15-5-3-4-6-17(15)21(23,24)25/h3-10,18H,11-13H2,1-2H3. The van der Waals surface area contributed by atoms with Crippen LogP contribution in [0.5, 0.6) is 0 Å². The van der Waals surface area contributed by atoms with Crippen LogP contribution in [0.3, 0.4) is 0 Å². The third-order valence-electron chi connectivity index (χ3n) is 4.38. The molecule has 3 nitrogen and oxygen atoms in total. The van der Waals surface area contributed by atoms with E-state index in [9.17, 15) is 17.6 Å². The van der Waals surface area contributed by atoms with Crippen molar-refractivity contribution < 1.29 is 27.1 Å². The Morgan fingerprint density at radius 2 is 1.83 bits per heavy atom. The van der Waals surface area contributed by atoms with Crippen molar-refractivity contribution in [3.8, 4) is 0 Å². The zero-order valence-corrected chi connectivity index (χ0v) is 16.8. The number of halogens is 4. The molecule has 1 aliphatic rings. The molecule has 1 heterocycles. The first-order valence-corrected chi connectivity index (χ1v) is 10.0. The number of thioether (sulfide) groups is 1. The van der Waals surface area contributed by atoms with E-state index >= 15 is 0 Å². The van der Waals surface area contributed by atoms with E-state index in [4.69, 9.17) is 9.57 Å². The Morgan fingerprint density at radius 3 is 2.45 bits per heavy atom. The van der Waals surface area contributed by atoms with Crippen LogP contribution >= 0.6 is 11.8 Å². The molecule has 3 rings (SSSR count). The molecule has 1 aliphatic heterocycles. The van der Waals surface area contributed by atoms with Gasteiger partial charge >= 0.3 is 6.18 Å². The number of ether oxygens (including phenoxy) is 1. The van der Waals surface area contributed by atoms with Crippen LogP contribution in [0.2, 0.25) is 0 Å². The summed E-state index contributed by atoms with van der Waals surface area (Å²) in [5.74, 6) is 0.0239. The summed E-state index contributed by atoms with van der Waals surface area (Å²) in [5, 5.41) is 4.84. The van der Waals surface area contributed by atoms with Gasteiger partial charge in [-0.05, 0) is 43.2 Å². The molecule has 0 aliphatic carbocycles. The van der Waals surface area contributed by atoms with Crippen LogP contribution in [-0.4, -0.2) is 16.4 Å². The Morgan fingerprint density at radius 1 is 1.14 bits per heavy atom. The van der Waals surface area contributed by atoms with Gasteiger partial charge in [0.2, 0.25) is 0 Å². The van der Waals surface area contributed by atoms with Gasteiger partial charge in [-0.3, -0.25) is 0 Å². The average Bonchev–Trinajstić information content (AvgIpc) is 3.01. The Kier molecular flexibility index (Phi) is 6.53. The summed E-state index contributed by atoms with van der Waals surface area (Å²) >= 11 is 1.42. The lowest BCUT2D eigenvalue weighted by atomic mass is 10.1. The van der Waals surface area contributed by atoms with Crippen molar-refractivity contribution in [2.24, 2.45) is 5.16 Å². The van der Waals surface area contributed by atoms with Gasteiger partial charge in [-0.2, -0.15) is 13.2 Å². The quantitative estimate of drug-likeness (QED) is 0.504. The fraction of sp³-hybridized carbons (Fsp3) is 0.381. The van der Waals surface area contributed by atoms with Crippen molar-refractivity contribution in [1.29, 1.82) is 0 Å². The topological polar surface area (TPSA) is 30.8 Å². The monoisotopic (exact) mass is 427 g/mol. The van der Waals surface area contributed by atoms with Crippen molar-refractivity contribution in [3.05, 3.63) is 71.0 Å². The molecule has 1 unspecified atom stereocenters.